The Morgan fingerprint density at radius 1 is 1.50 bits per heavy atom. The number of benzene rings is 1. The van der Waals surface area contributed by atoms with Gasteiger partial charge < -0.3 is 5.11 Å². The number of aryl methyl sites for hydroxylation is 1. The minimum atomic E-state index is -1.02. The van der Waals surface area contributed by atoms with Gasteiger partial charge in [-0.25, -0.2) is 19.3 Å². The summed E-state index contributed by atoms with van der Waals surface area (Å²) < 4.78 is 1.37. The van der Waals surface area contributed by atoms with Crippen molar-refractivity contribution in [3.8, 4) is 5.69 Å². The molecule has 0 saturated carbocycles. The Morgan fingerprint density at radius 2 is 2.28 bits per heavy atom. The number of rotatable bonds is 3. The van der Waals surface area contributed by atoms with E-state index < -0.39 is 5.97 Å². The lowest BCUT2D eigenvalue weighted by Gasteiger charge is -2.06. The fourth-order valence-electron chi connectivity index (χ4n) is 1.58. The molecule has 1 aromatic heterocycles. The van der Waals surface area contributed by atoms with E-state index in [1.165, 1.54) is 17.0 Å². The van der Waals surface area contributed by atoms with Crippen molar-refractivity contribution in [2.24, 2.45) is 0 Å². The number of carboxylic acid groups (broad SMARTS) is 1. The van der Waals surface area contributed by atoms with Crippen molar-refractivity contribution in [3.63, 3.8) is 0 Å². The lowest BCUT2D eigenvalue weighted by molar-refractivity contribution is -0.131. The molecule has 0 saturated heterocycles. The Morgan fingerprint density at radius 3 is 2.89 bits per heavy atom. The number of aliphatic carboxylic acids is 1. The van der Waals surface area contributed by atoms with E-state index in [0.717, 1.165) is 11.6 Å². The smallest absolute Gasteiger partial charge is 0.347 e. The van der Waals surface area contributed by atoms with Crippen molar-refractivity contribution in [1.29, 1.82) is 0 Å². The molecular formula is C12H11N3O3. The van der Waals surface area contributed by atoms with E-state index in [-0.39, 0.29) is 5.69 Å². The van der Waals surface area contributed by atoms with E-state index in [0.29, 0.717) is 11.3 Å². The Labute approximate surface area is 102 Å². The summed E-state index contributed by atoms with van der Waals surface area (Å²) in [4.78, 5) is 21.9. The van der Waals surface area contributed by atoms with Crippen LogP contribution in [0.25, 0.3) is 11.8 Å². The highest BCUT2D eigenvalue weighted by Gasteiger charge is 2.05. The van der Waals surface area contributed by atoms with Gasteiger partial charge in [-0.1, -0.05) is 12.1 Å². The zero-order chi connectivity index (χ0) is 13.1. The van der Waals surface area contributed by atoms with Gasteiger partial charge in [0.25, 0.3) is 0 Å². The van der Waals surface area contributed by atoms with Crippen molar-refractivity contribution in [2.75, 3.05) is 0 Å². The van der Waals surface area contributed by atoms with Crippen LogP contribution in [0.15, 0.2) is 35.4 Å². The molecule has 0 spiro atoms. The maximum absolute atomic E-state index is 11.5. The summed E-state index contributed by atoms with van der Waals surface area (Å²) in [6.07, 6.45) is 3.90. The molecule has 92 valence electrons. The molecular weight excluding hydrogens is 234 g/mol. The first kappa shape index (κ1) is 11.8. The van der Waals surface area contributed by atoms with Gasteiger partial charge in [0.15, 0.2) is 0 Å². The van der Waals surface area contributed by atoms with Gasteiger partial charge >= 0.3 is 11.7 Å². The largest absolute Gasteiger partial charge is 0.478 e. The Bertz CT molecular complexity index is 667. The van der Waals surface area contributed by atoms with E-state index in [2.05, 4.69) is 10.2 Å². The third kappa shape index (κ3) is 2.37. The SMILES string of the molecule is Cc1ccc(/C=C/C(=O)O)cc1-n1cn[nH]c1=O. The molecule has 2 aromatic rings. The number of H-pyrrole nitrogens is 1. The van der Waals surface area contributed by atoms with Gasteiger partial charge in [-0.05, 0) is 30.2 Å². The highest BCUT2D eigenvalue weighted by molar-refractivity contribution is 5.85. The van der Waals surface area contributed by atoms with Crippen LogP contribution in [0.3, 0.4) is 0 Å². The second kappa shape index (κ2) is 4.70. The molecule has 0 unspecified atom stereocenters. The number of aromatic nitrogens is 3. The molecule has 0 bridgehead atoms. The first-order chi connectivity index (χ1) is 8.58. The van der Waals surface area contributed by atoms with Crippen LogP contribution in [0, 0.1) is 6.92 Å². The second-order valence-corrected chi connectivity index (χ2v) is 3.75. The van der Waals surface area contributed by atoms with E-state index in [1.54, 1.807) is 12.1 Å². The monoisotopic (exact) mass is 245 g/mol. The predicted molar refractivity (Wildman–Crippen MR) is 65.6 cm³/mol. The fraction of sp³-hybridized carbons (Fsp3) is 0.0833. The van der Waals surface area contributed by atoms with Gasteiger partial charge in [0.05, 0.1) is 5.69 Å². The van der Waals surface area contributed by atoms with Crippen molar-refractivity contribution in [3.05, 3.63) is 52.2 Å². The molecule has 1 aromatic carbocycles. The standard InChI is InChI=1S/C12H11N3O3/c1-8-2-3-9(4-5-11(16)17)6-10(8)15-7-13-14-12(15)18/h2-7H,1H3,(H,14,18)(H,16,17)/b5-4+. The first-order valence-electron chi connectivity index (χ1n) is 5.22. The Hall–Kier alpha value is -2.63. The molecule has 6 nitrogen and oxygen atoms in total. The third-order valence-electron chi connectivity index (χ3n) is 2.46. The quantitative estimate of drug-likeness (QED) is 0.788. The molecule has 0 radical (unpaired) electrons. The number of hydrogen-bond donors (Lipinski definition) is 2. The topological polar surface area (TPSA) is 88.0 Å². The highest BCUT2D eigenvalue weighted by Crippen LogP contribution is 2.15. The molecule has 0 aliphatic carbocycles. The molecule has 0 aliphatic rings. The second-order valence-electron chi connectivity index (χ2n) is 3.75. The van der Waals surface area contributed by atoms with Crippen molar-refractivity contribution in [1.82, 2.24) is 14.8 Å². The van der Waals surface area contributed by atoms with Crippen LogP contribution in [-0.4, -0.2) is 25.8 Å². The third-order valence-corrected chi connectivity index (χ3v) is 2.46. The van der Waals surface area contributed by atoms with Gasteiger partial charge in [0.1, 0.15) is 6.33 Å². The van der Waals surface area contributed by atoms with Crippen molar-refractivity contribution in [2.45, 2.75) is 6.92 Å². The number of nitrogens with one attached hydrogen (secondary N) is 1. The van der Waals surface area contributed by atoms with Gasteiger partial charge in [-0.2, -0.15) is 5.10 Å². The van der Waals surface area contributed by atoms with Crippen LogP contribution >= 0.6 is 0 Å². The molecule has 1 heterocycles. The Kier molecular flexibility index (Phi) is 3.09. The zero-order valence-electron chi connectivity index (χ0n) is 9.62. The van der Waals surface area contributed by atoms with E-state index >= 15 is 0 Å². The highest BCUT2D eigenvalue weighted by atomic mass is 16.4. The van der Waals surface area contributed by atoms with Crippen molar-refractivity contribution < 1.29 is 9.90 Å². The molecule has 2 N–H and O–H groups in total. The number of nitrogens with zero attached hydrogens (tertiary/aromatic N) is 2. The van der Waals surface area contributed by atoms with Gasteiger partial charge in [0, 0.05) is 6.08 Å². The van der Waals surface area contributed by atoms with Crippen LogP contribution in [0.5, 0.6) is 0 Å². The van der Waals surface area contributed by atoms with Crippen LogP contribution in [0.2, 0.25) is 0 Å². The van der Waals surface area contributed by atoms with Crippen LogP contribution < -0.4 is 5.69 Å². The number of aromatic amines is 1. The fourth-order valence-corrected chi connectivity index (χ4v) is 1.58. The van der Waals surface area contributed by atoms with Gasteiger partial charge in [-0.3, -0.25) is 0 Å². The molecule has 2 rings (SSSR count). The lowest BCUT2D eigenvalue weighted by atomic mass is 10.1. The van der Waals surface area contributed by atoms with Gasteiger partial charge in [0.2, 0.25) is 0 Å². The van der Waals surface area contributed by atoms with E-state index in [9.17, 15) is 9.59 Å². The maximum Gasteiger partial charge on any atom is 0.347 e. The molecule has 0 fully saturated rings. The van der Waals surface area contributed by atoms with Crippen LogP contribution in [0.4, 0.5) is 0 Å². The molecule has 0 amide bonds. The first-order valence-corrected chi connectivity index (χ1v) is 5.22. The number of hydrogen-bond acceptors (Lipinski definition) is 3. The lowest BCUT2D eigenvalue weighted by Crippen LogP contribution is -2.15. The minimum Gasteiger partial charge on any atom is -0.478 e. The predicted octanol–water partition coefficient (Wildman–Crippen LogP) is 0.967. The van der Waals surface area contributed by atoms with Crippen LogP contribution in [-0.2, 0) is 4.79 Å². The molecule has 6 heteroatoms. The summed E-state index contributed by atoms with van der Waals surface area (Å²) in [6.45, 7) is 1.86. The summed E-state index contributed by atoms with van der Waals surface area (Å²) in [5.41, 5.74) is 1.93. The van der Waals surface area contributed by atoms with Crippen LogP contribution in [0.1, 0.15) is 11.1 Å². The normalized spacial score (nSPS) is 10.9. The summed E-state index contributed by atoms with van der Waals surface area (Å²) >= 11 is 0. The molecule has 0 atom stereocenters. The average Bonchev–Trinajstić information content (AvgIpc) is 2.74. The minimum absolute atomic E-state index is 0.336. The zero-order valence-corrected chi connectivity index (χ0v) is 9.62. The Balaban J connectivity index is 2.49. The van der Waals surface area contributed by atoms with Crippen molar-refractivity contribution >= 4 is 12.0 Å². The average molecular weight is 245 g/mol. The van der Waals surface area contributed by atoms with Gasteiger partial charge in [-0.15, -0.1) is 0 Å². The molecule has 18 heavy (non-hydrogen) atoms. The maximum atomic E-state index is 11.5. The molecule has 0 aliphatic heterocycles. The summed E-state index contributed by atoms with van der Waals surface area (Å²) in [7, 11) is 0. The van der Waals surface area contributed by atoms with E-state index in [1.807, 2.05) is 13.0 Å². The summed E-state index contributed by atoms with van der Waals surface area (Å²) in [6, 6.07) is 5.32. The summed E-state index contributed by atoms with van der Waals surface area (Å²) in [5.74, 6) is -1.02. The van der Waals surface area contributed by atoms with E-state index in [4.69, 9.17) is 5.11 Å². The summed E-state index contributed by atoms with van der Waals surface area (Å²) in [5, 5.41) is 14.5. The number of carbonyl (C=O) groups is 1. The number of carboxylic acids is 1.